The molecule has 3 rings (SSSR count). The molecule has 0 atom stereocenters. The molecule has 1 N–H and O–H groups in total. The van der Waals surface area contributed by atoms with E-state index in [-0.39, 0.29) is 5.82 Å². The lowest BCUT2D eigenvalue weighted by Gasteiger charge is -2.08. The molecular formula is C17H20FNO. The SMILES string of the molecule is Fc1ccc(-c2ccc(CNCC3CCCC3)o2)cc1. The Morgan fingerprint density at radius 1 is 1.05 bits per heavy atom. The maximum atomic E-state index is 12.9. The minimum absolute atomic E-state index is 0.223. The van der Waals surface area contributed by atoms with Gasteiger partial charge in [-0.2, -0.15) is 0 Å². The number of halogens is 1. The Balaban J connectivity index is 1.55. The molecule has 2 aromatic rings. The van der Waals surface area contributed by atoms with E-state index in [0.29, 0.717) is 0 Å². The summed E-state index contributed by atoms with van der Waals surface area (Å²) in [6.07, 6.45) is 5.46. The summed E-state index contributed by atoms with van der Waals surface area (Å²) in [7, 11) is 0. The topological polar surface area (TPSA) is 25.2 Å². The summed E-state index contributed by atoms with van der Waals surface area (Å²) in [4.78, 5) is 0. The zero-order chi connectivity index (χ0) is 13.8. The molecule has 3 heteroatoms. The first kappa shape index (κ1) is 13.4. The van der Waals surface area contributed by atoms with Crippen LogP contribution in [0.15, 0.2) is 40.8 Å². The van der Waals surface area contributed by atoms with Crippen molar-refractivity contribution >= 4 is 0 Å². The molecule has 0 bridgehead atoms. The Hall–Kier alpha value is -1.61. The van der Waals surface area contributed by atoms with Crippen LogP contribution in [0.2, 0.25) is 0 Å². The first-order chi connectivity index (χ1) is 9.81. The first-order valence-corrected chi connectivity index (χ1v) is 7.36. The molecule has 0 aliphatic heterocycles. The number of hydrogen-bond donors (Lipinski definition) is 1. The molecule has 106 valence electrons. The third kappa shape index (κ3) is 3.28. The van der Waals surface area contributed by atoms with Crippen molar-refractivity contribution in [3.8, 4) is 11.3 Å². The molecule has 0 radical (unpaired) electrons. The predicted octanol–water partition coefficient (Wildman–Crippen LogP) is 4.37. The van der Waals surface area contributed by atoms with Crippen molar-refractivity contribution in [2.75, 3.05) is 6.54 Å². The Labute approximate surface area is 119 Å². The van der Waals surface area contributed by atoms with Crippen LogP contribution in [0.5, 0.6) is 0 Å². The van der Waals surface area contributed by atoms with Crippen molar-refractivity contribution in [1.82, 2.24) is 5.32 Å². The summed E-state index contributed by atoms with van der Waals surface area (Å²) in [6, 6.07) is 10.3. The second-order valence-electron chi connectivity index (χ2n) is 5.55. The first-order valence-electron chi connectivity index (χ1n) is 7.36. The number of rotatable bonds is 5. The zero-order valence-electron chi connectivity index (χ0n) is 11.6. The van der Waals surface area contributed by atoms with Crippen LogP contribution in [-0.4, -0.2) is 6.54 Å². The smallest absolute Gasteiger partial charge is 0.134 e. The lowest BCUT2D eigenvalue weighted by atomic mass is 10.1. The van der Waals surface area contributed by atoms with E-state index in [1.165, 1.54) is 37.8 Å². The van der Waals surface area contributed by atoms with Gasteiger partial charge in [0.15, 0.2) is 0 Å². The van der Waals surface area contributed by atoms with Gasteiger partial charge in [-0.3, -0.25) is 0 Å². The van der Waals surface area contributed by atoms with Crippen molar-refractivity contribution in [2.24, 2.45) is 5.92 Å². The van der Waals surface area contributed by atoms with Gasteiger partial charge in [0.2, 0.25) is 0 Å². The molecule has 0 unspecified atom stereocenters. The van der Waals surface area contributed by atoms with E-state index in [1.54, 1.807) is 12.1 Å². The van der Waals surface area contributed by atoms with E-state index < -0.39 is 0 Å². The summed E-state index contributed by atoms with van der Waals surface area (Å²) in [6.45, 7) is 1.84. The number of furan rings is 1. The Morgan fingerprint density at radius 3 is 2.55 bits per heavy atom. The second-order valence-corrected chi connectivity index (χ2v) is 5.55. The average Bonchev–Trinajstić information content (AvgIpc) is 3.11. The maximum absolute atomic E-state index is 12.9. The third-order valence-corrected chi connectivity index (χ3v) is 4.00. The summed E-state index contributed by atoms with van der Waals surface area (Å²) >= 11 is 0. The van der Waals surface area contributed by atoms with E-state index in [9.17, 15) is 4.39 Å². The Morgan fingerprint density at radius 2 is 1.80 bits per heavy atom. The lowest BCUT2D eigenvalue weighted by molar-refractivity contribution is 0.448. The maximum Gasteiger partial charge on any atom is 0.134 e. The van der Waals surface area contributed by atoms with Crippen molar-refractivity contribution in [2.45, 2.75) is 32.2 Å². The fourth-order valence-corrected chi connectivity index (χ4v) is 2.86. The molecule has 0 spiro atoms. The van der Waals surface area contributed by atoms with Gasteiger partial charge >= 0.3 is 0 Å². The monoisotopic (exact) mass is 273 g/mol. The summed E-state index contributed by atoms with van der Waals surface area (Å²) in [5.41, 5.74) is 0.911. The minimum atomic E-state index is -0.223. The standard InChI is InChI=1S/C17H20FNO/c18-15-7-5-14(6-8-15)17-10-9-16(20-17)12-19-11-13-3-1-2-4-13/h5-10,13,19H,1-4,11-12H2. The van der Waals surface area contributed by atoms with Gasteiger partial charge in [0, 0.05) is 5.56 Å². The Kier molecular flexibility index (Phi) is 4.16. The van der Waals surface area contributed by atoms with Crippen LogP contribution in [-0.2, 0) is 6.54 Å². The zero-order valence-corrected chi connectivity index (χ0v) is 11.6. The largest absolute Gasteiger partial charge is 0.460 e. The highest BCUT2D eigenvalue weighted by Crippen LogP contribution is 2.24. The van der Waals surface area contributed by atoms with Crippen molar-refractivity contribution in [3.05, 3.63) is 48.0 Å². The van der Waals surface area contributed by atoms with Gasteiger partial charge in [-0.25, -0.2) is 4.39 Å². The molecule has 20 heavy (non-hydrogen) atoms. The van der Waals surface area contributed by atoms with E-state index in [1.807, 2.05) is 12.1 Å². The van der Waals surface area contributed by atoms with Gasteiger partial charge in [-0.1, -0.05) is 12.8 Å². The van der Waals surface area contributed by atoms with Gasteiger partial charge in [-0.05, 0) is 61.7 Å². The van der Waals surface area contributed by atoms with Crippen LogP contribution in [0, 0.1) is 11.7 Å². The van der Waals surface area contributed by atoms with Crippen LogP contribution in [0.1, 0.15) is 31.4 Å². The fraction of sp³-hybridized carbons (Fsp3) is 0.412. The summed E-state index contributed by atoms with van der Waals surface area (Å²) in [5.74, 6) is 2.34. The highest BCUT2D eigenvalue weighted by atomic mass is 19.1. The minimum Gasteiger partial charge on any atom is -0.460 e. The molecule has 1 aromatic heterocycles. The molecular weight excluding hydrogens is 253 g/mol. The summed E-state index contributed by atoms with van der Waals surface area (Å²) in [5, 5.41) is 3.46. The predicted molar refractivity (Wildman–Crippen MR) is 77.8 cm³/mol. The highest BCUT2D eigenvalue weighted by molar-refractivity contribution is 5.57. The molecule has 0 saturated heterocycles. The number of hydrogen-bond acceptors (Lipinski definition) is 2. The number of nitrogens with one attached hydrogen (secondary N) is 1. The van der Waals surface area contributed by atoms with Gasteiger partial charge in [0.1, 0.15) is 17.3 Å². The van der Waals surface area contributed by atoms with Crippen molar-refractivity contribution in [1.29, 1.82) is 0 Å². The van der Waals surface area contributed by atoms with Crippen LogP contribution in [0.4, 0.5) is 4.39 Å². The molecule has 1 aliphatic rings. The van der Waals surface area contributed by atoms with Crippen LogP contribution in [0.25, 0.3) is 11.3 Å². The normalized spacial score (nSPS) is 15.8. The van der Waals surface area contributed by atoms with Crippen LogP contribution in [0.3, 0.4) is 0 Å². The molecule has 0 amide bonds. The van der Waals surface area contributed by atoms with Gasteiger partial charge < -0.3 is 9.73 Å². The lowest BCUT2D eigenvalue weighted by Crippen LogP contribution is -2.20. The van der Waals surface area contributed by atoms with E-state index in [0.717, 1.165) is 36.1 Å². The van der Waals surface area contributed by atoms with Crippen LogP contribution < -0.4 is 5.32 Å². The van der Waals surface area contributed by atoms with Gasteiger partial charge in [0.25, 0.3) is 0 Å². The van der Waals surface area contributed by atoms with Gasteiger partial charge in [0.05, 0.1) is 6.54 Å². The van der Waals surface area contributed by atoms with Crippen molar-refractivity contribution in [3.63, 3.8) is 0 Å². The molecule has 1 fully saturated rings. The Bertz CT molecular complexity index is 540. The van der Waals surface area contributed by atoms with Crippen molar-refractivity contribution < 1.29 is 8.81 Å². The van der Waals surface area contributed by atoms with E-state index in [2.05, 4.69) is 5.32 Å². The molecule has 1 heterocycles. The van der Waals surface area contributed by atoms with E-state index in [4.69, 9.17) is 4.42 Å². The average molecular weight is 273 g/mol. The van der Waals surface area contributed by atoms with Crippen LogP contribution >= 0.6 is 0 Å². The third-order valence-electron chi connectivity index (χ3n) is 4.00. The van der Waals surface area contributed by atoms with Gasteiger partial charge in [-0.15, -0.1) is 0 Å². The molecule has 1 aromatic carbocycles. The molecule has 2 nitrogen and oxygen atoms in total. The quantitative estimate of drug-likeness (QED) is 0.875. The van der Waals surface area contributed by atoms with E-state index >= 15 is 0 Å². The summed E-state index contributed by atoms with van der Waals surface area (Å²) < 4.78 is 18.7. The highest BCUT2D eigenvalue weighted by Gasteiger charge is 2.14. The second kappa shape index (κ2) is 6.23. The molecule has 1 saturated carbocycles. The fourth-order valence-electron chi connectivity index (χ4n) is 2.86. The number of benzene rings is 1. The molecule has 1 aliphatic carbocycles.